The Morgan fingerprint density at radius 2 is 2.17 bits per heavy atom. The lowest BCUT2D eigenvalue weighted by Crippen LogP contribution is -2.24. The van der Waals surface area contributed by atoms with Crippen LogP contribution in [0.5, 0.6) is 0 Å². The van der Waals surface area contributed by atoms with Crippen LogP contribution in [0.1, 0.15) is 39.5 Å². The van der Waals surface area contributed by atoms with Gasteiger partial charge in [-0.2, -0.15) is 4.86 Å². The van der Waals surface area contributed by atoms with Crippen LogP contribution < -0.4 is 0 Å². The second-order valence-electron chi connectivity index (χ2n) is 2.84. The zero-order valence-corrected chi connectivity index (χ0v) is 7.62. The van der Waals surface area contributed by atoms with Gasteiger partial charge in [0, 0.05) is 6.10 Å². The van der Waals surface area contributed by atoms with Crippen LogP contribution >= 0.6 is 0 Å². The summed E-state index contributed by atoms with van der Waals surface area (Å²) in [5, 5.41) is 8.57. The number of halogens is 1. The van der Waals surface area contributed by atoms with Crippen molar-refractivity contribution in [2.24, 2.45) is 0 Å². The summed E-state index contributed by atoms with van der Waals surface area (Å²) in [6.07, 6.45) is 3.93. The SMILES string of the molecule is CCCCCC(C)OB(O)OF. The van der Waals surface area contributed by atoms with Gasteiger partial charge in [-0.05, 0) is 13.3 Å². The van der Waals surface area contributed by atoms with Crippen molar-refractivity contribution >= 4 is 7.32 Å². The molecule has 0 saturated carbocycles. The Morgan fingerprint density at radius 1 is 1.50 bits per heavy atom. The molecule has 1 N–H and O–H groups in total. The summed E-state index contributed by atoms with van der Waals surface area (Å²) in [6, 6.07) is 0. The summed E-state index contributed by atoms with van der Waals surface area (Å²) < 4.78 is 16.0. The van der Waals surface area contributed by atoms with Crippen LogP contribution in [0.2, 0.25) is 0 Å². The molecule has 0 aliphatic rings. The second-order valence-corrected chi connectivity index (χ2v) is 2.84. The first-order chi connectivity index (χ1) is 5.70. The molecule has 0 aliphatic carbocycles. The lowest BCUT2D eigenvalue weighted by molar-refractivity contribution is -0.0749. The molecular weight excluding hydrogens is 162 g/mol. The van der Waals surface area contributed by atoms with Gasteiger partial charge in [0.05, 0.1) is 0 Å². The van der Waals surface area contributed by atoms with E-state index in [0.717, 1.165) is 25.7 Å². The van der Waals surface area contributed by atoms with Gasteiger partial charge < -0.3 is 9.68 Å². The summed E-state index contributed by atoms with van der Waals surface area (Å²) in [4.78, 5) is 3.06. The molecule has 0 rings (SSSR count). The monoisotopic (exact) mass is 178 g/mol. The van der Waals surface area contributed by atoms with Gasteiger partial charge in [-0.3, -0.25) is 0 Å². The molecule has 0 spiro atoms. The van der Waals surface area contributed by atoms with Gasteiger partial charge >= 0.3 is 7.32 Å². The third-order valence-corrected chi connectivity index (χ3v) is 1.64. The maximum absolute atomic E-state index is 11.3. The van der Waals surface area contributed by atoms with E-state index < -0.39 is 7.32 Å². The molecule has 1 unspecified atom stereocenters. The standard InChI is InChI=1S/C7H16BFO3/c1-3-4-5-6-7(2)11-8(10)12-9/h7,10H,3-6H2,1-2H3. The van der Waals surface area contributed by atoms with Crippen LogP contribution in [-0.4, -0.2) is 18.4 Å². The summed E-state index contributed by atoms with van der Waals surface area (Å²) in [6.45, 7) is 3.88. The normalized spacial score (nSPS) is 13.0. The Balaban J connectivity index is 3.26. The summed E-state index contributed by atoms with van der Waals surface area (Å²) in [5.74, 6) is 0. The lowest BCUT2D eigenvalue weighted by atomic mass is 10.1. The van der Waals surface area contributed by atoms with Gasteiger partial charge in [0.1, 0.15) is 0 Å². The Morgan fingerprint density at radius 3 is 2.67 bits per heavy atom. The predicted molar refractivity (Wildman–Crippen MR) is 44.9 cm³/mol. The van der Waals surface area contributed by atoms with E-state index in [1.807, 2.05) is 0 Å². The highest BCUT2D eigenvalue weighted by atomic mass is 19.3. The molecular formula is C7H16BFO3. The highest BCUT2D eigenvalue weighted by molar-refractivity contribution is 6.34. The van der Waals surface area contributed by atoms with Crippen LogP contribution in [-0.2, 0) is 9.51 Å². The Bertz CT molecular complexity index is 105. The van der Waals surface area contributed by atoms with E-state index in [4.69, 9.17) is 9.68 Å². The summed E-state index contributed by atoms with van der Waals surface area (Å²) >= 11 is 0. The lowest BCUT2D eigenvalue weighted by Gasteiger charge is -2.11. The highest BCUT2D eigenvalue weighted by Crippen LogP contribution is 2.06. The average molecular weight is 178 g/mol. The van der Waals surface area contributed by atoms with Crippen LogP contribution in [0.25, 0.3) is 0 Å². The number of hydrogen-bond donors (Lipinski definition) is 1. The first-order valence-electron chi connectivity index (χ1n) is 4.31. The average Bonchev–Trinajstić information content (AvgIpc) is 2.05. The number of unbranched alkanes of at least 4 members (excludes halogenated alkanes) is 2. The molecule has 0 heterocycles. The minimum absolute atomic E-state index is 0.165. The fourth-order valence-corrected chi connectivity index (χ4v) is 0.970. The van der Waals surface area contributed by atoms with E-state index in [2.05, 4.69) is 11.8 Å². The molecule has 0 aromatic heterocycles. The summed E-state index contributed by atoms with van der Waals surface area (Å²) in [7, 11) is -1.73. The fraction of sp³-hybridized carbons (Fsp3) is 1.00. The molecule has 12 heavy (non-hydrogen) atoms. The highest BCUT2D eigenvalue weighted by Gasteiger charge is 2.19. The van der Waals surface area contributed by atoms with Gasteiger partial charge in [-0.1, -0.05) is 30.7 Å². The molecule has 1 atom stereocenters. The molecule has 0 fully saturated rings. The van der Waals surface area contributed by atoms with Crippen LogP contribution in [0.3, 0.4) is 0 Å². The first-order valence-corrected chi connectivity index (χ1v) is 4.31. The van der Waals surface area contributed by atoms with Gasteiger partial charge in [0.25, 0.3) is 0 Å². The molecule has 0 radical (unpaired) electrons. The Hall–Kier alpha value is -0.125. The Labute approximate surface area is 72.9 Å². The Kier molecular flexibility index (Phi) is 7.44. The van der Waals surface area contributed by atoms with Crippen molar-refractivity contribution in [2.75, 3.05) is 0 Å². The van der Waals surface area contributed by atoms with E-state index in [1.54, 1.807) is 6.92 Å². The van der Waals surface area contributed by atoms with Crippen LogP contribution in [0.15, 0.2) is 0 Å². The predicted octanol–water partition coefficient (Wildman–Crippen LogP) is 1.85. The van der Waals surface area contributed by atoms with Crippen molar-refractivity contribution < 1.29 is 19.1 Å². The third kappa shape index (κ3) is 6.58. The van der Waals surface area contributed by atoms with Crippen molar-refractivity contribution in [3.63, 3.8) is 0 Å². The number of rotatable bonds is 7. The van der Waals surface area contributed by atoms with E-state index in [9.17, 15) is 4.53 Å². The van der Waals surface area contributed by atoms with Gasteiger partial charge in [-0.25, -0.2) is 0 Å². The number of hydrogen-bond acceptors (Lipinski definition) is 3. The first kappa shape index (κ1) is 11.9. The van der Waals surface area contributed by atoms with Crippen molar-refractivity contribution in [3.8, 4) is 0 Å². The summed E-state index contributed by atoms with van der Waals surface area (Å²) in [5.41, 5.74) is 0. The smallest absolute Gasteiger partial charge is 0.400 e. The minimum atomic E-state index is -1.73. The molecule has 0 aromatic rings. The van der Waals surface area contributed by atoms with Crippen LogP contribution in [0, 0.1) is 0 Å². The fourth-order valence-electron chi connectivity index (χ4n) is 0.970. The third-order valence-electron chi connectivity index (χ3n) is 1.64. The van der Waals surface area contributed by atoms with Gasteiger partial charge in [0.15, 0.2) is 0 Å². The zero-order chi connectivity index (χ0) is 9.40. The molecule has 0 aromatic carbocycles. The zero-order valence-electron chi connectivity index (χ0n) is 7.62. The van der Waals surface area contributed by atoms with Crippen molar-refractivity contribution in [2.45, 2.75) is 45.6 Å². The molecule has 72 valence electrons. The molecule has 5 heteroatoms. The minimum Gasteiger partial charge on any atom is -0.400 e. The van der Waals surface area contributed by atoms with E-state index in [0.29, 0.717) is 0 Å². The molecule has 0 saturated heterocycles. The van der Waals surface area contributed by atoms with Crippen LogP contribution in [0.4, 0.5) is 4.53 Å². The second kappa shape index (κ2) is 7.52. The maximum Gasteiger partial charge on any atom is 0.669 e. The van der Waals surface area contributed by atoms with E-state index >= 15 is 0 Å². The van der Waals surface area contributed by atoms with Gasteiger partial charge in [0.2, 0.25) is 0 Å². The van der Waals surface area contributed by atoms with E-state index in [1.165, 1.54) is 0 Å². The quantitative estimate of drug-likeness (QED) is 0.477. The maximum atomic E-state index is 11.3. The molecule has 0 bridgehead atoms. The topological polar surface area (TPSA) is 38.7 Å². The van der Waals surface area contributed by atoms with E-state index in [-0.39, 0.29) is 6.10 Å². The van der Waals surface area contributed by atoms with Crippen molar-refractivity contribution in [3.05, 3.63) is 0 Å². The van der Waals surface area contributed by atoms with Gasteiger partial charge in [-0.15, -0.1) is 0 Å². The van der Waals surface area contributed by atoms with Crippen molar-refractivity contribution in [1.82, 2.24) is 0 Å². The molecule has 0 aliphatic heterocycles. The van der Waals surface area contributed by atoms with Crippen molar-refractivity contribution in [1.29, 1.82) is 0 Å². The molecule has 3 nitrogen and oxygen atoms in total. The largest absolute Gasteiger partial charge is 0.669 e. The molecule has 0 amide bonds.